The lowest BCUT2D eigenvalue weighted by Crippen LogP contribution is -2.14. The molecule has 0 aliphatic rings. The van der Waals surface area contributed by atoms with Gasteiger partial charge in [-0.3, -0.25) is 4.72 Å². The van der Waals surface area contributed by atoms with Crippen molar-refractivity contribution in [2.45, 2.75) is 11.8 Å². The van der Waals surface area contributed by atoms with Gasteiger partial charge in [-0.15, -0.1) is 0 Å². The number of nitrogens with zero attached hydrogens (tertiary/aromatic N) is 1. The maximum absolute atomic E-state index is 12.3. The summed E-state index contributed by atoms with van der Waals surface area (Å²) in [7, 11) is -2.11. The first kappa shape index (κ1) is 14.8. The molecule has 1 aromatic heterocycles. The van der Waals surface area contributed by atoms with Gasteiger partial charge in [0.15, 0.2) is 0 Å². The van der Waals surface area contributed by atoms with Crippen LogP contribution in [0.1, 0.15) is 5.56 Å². The Morgan fingerprint density at radius 3 is 2.55 bits per heavy atom. The standard InChI is InChI=1S/C13H13BrN2O3S/c1-9-7-11(19-2)4-5-12(9)20(17,18)16-10-3-6-13(14)15-8-10/h3-8,16H,1-2H3. The minimum Gasteiger partial charge on any atom is -0.497 e. The van der Waals surface area contributed by atoms with Gasteiger partial charge < -0.3 is 4.74 Å². The van der Waals surface area contributed by atoms with E-state index < -0.39 is 10.0 Å². The summed E-state index contributed by atoms with van der Waals surface area (Å²) in [6, 6.07) is 8.10. The van der Waals surface area contributed by atoms with Crippen molar-refractivity contribution in [2.75, 3.05) is 11.8 Å². The third-order valence-electron chi connectivity index (χ3n) is 2.65. The summed E-state index contributed by atoms with van der Waals surface area (Å²) in [6.45, 7) is 1.72. The first-order valence-corrected chi connectivity index (χ1v) is 7.99. The second-order valence-corrected chi connectivity index (χ2v) is 6.57. The summed E-state index contributed by atoms with van der Waals surface area (Å²) in [6.07, 6.45) is 1.44. The number of methoxy groups -OCH3 is 1. The molecule has 0 aliphatic carbocycles. The molecule has 7 heteroatoms. The van der Waals surface area contributed by atoms with Gasteiger partial charge in [0.05, 0.1) is 23.9 Å². The Morgan fingerprint density at radius 2 is 2.00 bits per heavy atom. The van der Waals surface area contributed by atoms with Gasteiger partial charge in [-0.1, -0.05) is 0 Å². The average molecular weight is 357 g/mol. The normalized spacial score (nSPS) is 11.2. The highest BCUT2D eigenvalue weighted by Crippen LogP contribution is 2.23. The molecule has 2 rings (SSSR count). The predicted molar refractivity (Wildman–Crippen MR) is 80.5 cm³/mol. The molecule has 0 atom stereocenters. The fourth-order valence-corrected chi connectivity index (χ4v) is 3.20. The first-order valence-electron chi connectivity index (χ1n) is 5.71. The Labute approximate surface area is 126 Å². The summed E-state index contributed by atoms with van der Waals surface area (Å²) >= 11 is 3.20. The second-order valence-electron chi connectivity index (χ2n) is 4.11. The van der Waals surface area contributed by atoms with Crippen LogP contribution in [0.2, 0.25) is 0 Å². The largest absolute Gasteiger partial charge is 0.497 e. The Balaban J connectivity index is 2.33. The number of pyridine rings is 1. The lowest BCUT2D eigenvalue weighted by atomic mass is 10.2. The molecule has 0 bridgehead atoms. The fraction of sp³-hybridized carbons (Fsp3) is 0.154. The van der Waals surface area contributed by atoms with Crippen molar-refractivity contribution in [3.8, 4) is 5.75 Å². The molecule has 0 aliphatic heterocycles. The third kappa shape index (κ3) is 3.29. The minimum absolute atomic E-state index is 0.209. The van der Waals surface area contributed by atoms with E-state index in [0.717, 1.165) is 0 Å². The molecule has 0 radical (unpaired) electrons. The second kappa shape index (κ2) is 5.80. The molecule has 0 saturated carbocycles. The maximum Gasteiger partial charge on any atom is 0.262 e. The molecule has 0 unspecified atom stereocenters. The number of rotatable bonds is 4. The Bertz CT molecular complexity index is 715. The summed E-state index contributed by atoms with van der Waals surface area (Å²) in [5.74, 6) is 0.617. The molecule has 1 heterocycles. The number of ether oxygens (including phenoxy) is 1. The van der Waals surface area contributed by atoms with E-state index >= 15 is 0 Å². The van der Waals surface area contributed by atoms with E-state index in [9.17, 15) is 8.42 Å². The highest BCUT2D eigenvalue weighted by Gasteiger charge is 2.17. The Hall–Kier alpha value is -1.60. The van der Waals surface area contributed by atoms with E-state index in [4.69, 9.17) is 4.74 Å². The van der Waals surface area contributed by atoms with Crippen molar-refractivity contribution in [2.24, 2.45) is 0 Å². The van der Waals surface area contributed by atoms with E-state index in [2.05, 4.69) is 25.6 Å². The van der Waals surface area contributed by atoms with Gasteiger partial charge in [0.1, 0.15) is 10.4 Å². The molecule has 1 N–H and O–H groups in total. The number of hydrogen-bond acceptors (Lipinski definition) is 4. The minimum atomic E-state index is -3.64. The zero-order chi connectivity index (χ0) is 14.8. The Kier molecular flexibility index (Phi) is 4.29. The summed E-state index contributed by atoms with van der Waals surface area (Å²) in [5, 5.41) is 0. The number of hydrogen-bond donors (Lipinski definition) is 1. The van der Waals surface area contributed by atoms with Crippen LogP contribution in [-0.2, 0) is 10.0 Å². The maximum atomic E-state index is 12.3. The van der Waals surface area contributed by atoms with E-state index in [1.54, 1.807) is 31.2 Å². The third-order valence-corrected chi connectivity index (χ3v) is 4.66. The van der Waals surface area contributed by atoms with Gasteiger partial charge in [0.25, 0.3) is 10.0 Å². The monoisotopic (exact) mass is 356 g/mol. The van der Waals surface area contributed by atoms with Crippen LogP contribution < -0.4 is 9.46 Å². The molecule has 1 aromatic carbocycles. The van der Waals surface area contributed by atoms with Crippen LogP contribution in [0.15, 0.2) is 46.0 Å². The highest BCUT2D eigenvalue weighted by atomic mass is 79.9. The summed E-state index contributed by atoms with van der Waals surface area (Å²) in [5.41, 5.74) is 1.02. The molecular weight excluding hydrogens is 344 g/mol. The number of aromatic nitrogens is 1. The smallest absolute Gasteiger partial charge is 0.262 e. The summed E-state index contributed by atoms with van der Waals surface area (Å²) in [4.78, 5) is 4.19. The number of benzene rings is 1. The zero-order valence-corrected chi connectivity index (χ0v) is 13.3. The molecule has 0 amide bonds. The van der Waals surface area contributed by atoms with E-state index in [-0.39, 0.29) is 4.90 Å². The number of sulfonamides is 1. The van der Waals surface area contributed by atoms with Crippen LogP contribution in [0.5, 0.6) is 5.75 Å². The molecular formula is C13H13BrN2O3S. The van der Waals surface area contributed by atoms with Crippen molar-refractivity contribution in [1.29, 1.82) is 0 Å². The topological polar surface area (TPSA) is 68.3 Å². The van der Waals surface area contributed by atoms with Crippen LogP contribution in [0.25, 0.3) is 0 Å². The SMILES string of the molecule is COc1ccc(S(=O)(=O)Nc2ccc(Br)nc2)c(C)c1. The van der Waals surface area contributed by atoms with Gasteiger partial charge in [-0.05, 0) is 58.7 Å². The van der Waals surface area contributed by atoms with Gasteiger partial charge in [-0.2, -0.15) is 0 Å². The number of nitrogens with one attached hydrogen (secondary N) is 1. The predicted octanol–water partition coefficient (Wildman–Crippen LogP) is 2.96. The number of aryl methyl sites for hydroxylation is 1. The molecule has 2 aromatic rings. The highest BCUT2D eigenvalue weighted by molar-refractivity contribution is 9.10. The van der Waals surface area contributed by atoms with Crippen molar-refractivity contribution < 1.29 is 13.2 Å². The van der Waals surface area contributed by atoms with Crippen molar-refractivity contribution in [3.05, 3.63) is 46.7 Å². The molecule has 5 nitrogen and oxygen atoms in total. The fourth-order valence-electron chi connectivity index (χ4n) is 1.70. The lowest BCUT2D eigenvalue weighted by Gasteiger charge is -2.11. The molecule has 0 fully saturated rings. The first-order chi connectivity index (χ1) is 9.42. The molecule has 106 valence electrons. The number of anilines is 1. The van der Waals surface area contributed by atoms with Crippen molar-refractivity contribution in [3.63, 3.8) is 0 Å². The molecule has 0 saturated heterocycles. The lowest BCUT2D eigenvalue weighted by molar-refractivity contribution is 0.414. The number of halogens is 1. The van der Waals surface area contributed by atoms with Gasteiger partial charge in [0.2, 0.25) is 0 Å². The van der Waals surface area contributed by atoms with Gasteiger partial charge >= 0.3 is 0 Å². The van der Waals surface area contributed by atoms with Crippen LogP contribution in [0, 0.1) is 6.92 Å². The van der Waals surface area contributed by atoms with Gasteiger partial charge in [-0.25, -0.2) is 13.4 Å². The van der Waals surface area contributed by atoms with Crippen molar-refractivity contribution in [1.82, 2.24) is 4.98 Å². The quantitative estimate of drug-likeness (QED) is 0.855. The van der Waals surface area contributed by atoms with Crippen LogP contribution in [0.4, 0.5) is 5.69 Å². The van der Waals surface area contributed by atoms with E-state index in [1.165, 1.54) is 19.4 Å². The summed E-state index contributed by atoms with van der Waals surface area (Å²) < 4.78 is 32.8. The Morgan fingerprint density at radius 1 is 1.25 bits per heavy atom. The van der Waals surface area contributed by atoms with Crippen LogP contribution in [0.3, 0.4) is 0 Å². The van der Waals surface area contributed by atoms with Gasteiger partial charge in [0, 0.05) is 0 Å². The average Bonchev–Trinajstić information content (AvgIpc) is 2.40. The van der Waals surface area contributed by atoms with Crippen molar-refractivity contribution >= 4 is 31.6 Å². The van der Waals surface area contributed by atoms with E-state index in [1.807, 2.05) is 0 Å². The van der Waals surface area contributed by atoms with Crippen LogP contribution >= 0.6 is 15.9 Å². The van der Waals surface area contributed by atoms with E-state index in [0.29, 0.717) is 21.6 Å². The molecule has 20 heavy (non-hydrogen) atoms. The molecule has 0 spiro atoms. The van der Waals surface area contributed by atoms with Crippen LogP contribution in [-0.4, -0.2) is 20.5 Å². The zero-order valence-electron chi connectivity index (χ0n) is 10.9.